The molecule has 0 N–H and O–H groups in total. The van der Waals surface area contributed by atoms with Crippen molar-refractivity contribution >= 4 is 11.6 Å². The van der Waals surface area contributed by atoms with Gasteiger partial charge in [-0.05, 0) is 17.5 Å². The zero-order chi connectivity index (χ0) is 10.2. The van der Waals surface area contributed by atoms with Gasteiger partial charge in [0.15, 0.2) is 11.6 Å². The van der Waals surface area contributed by atoms with Gasteiger partial charge >= 0.3 is 0 Å². The van der Waals surface area contributed by atoms with E-state index in [4.69, 9.17) is 11.6 Å². The second-order valence-corrected chi connectivity index (χ2v) is 3.42. The van der Waals surface area contributed by atoms with Gasteiger partial charge in [-0.1, -0.05) is 25.4 Å². The molecule has 0 unspecified atom stereocenters. The Kier molecular flexibility index (Phi) is 2.86. The third-order valence-electron chi connectivity index (χ3n) is 1.75. The van der Waals surface area contributed by atoms with Gasteiger partial charge in [0.1, 0.15) is 10.8 Å². The van der Waals surface area contributed by atoms with E-state index >= 15 is 0 Å². The zero-order valence-electron chi connectivity index (χ0n) is 7.17. The molecule has 72 valence electrons. The summed E-state index contributed by atoms with van der Waals surface area (Å²) < 4.78 is 38.6. The van der Waals surface area contributed by atoms with Crippen LogP contribution >= 0.6 is 11.6 Å². The molecule has 0 saturated carbocycles. The van der Waals surface area contributed by atoms with Crippen LogP contribution in [0, 0.1) is 17.5 Å². The summed E-state index contributed by atoms with van der Waals surface area (Å²) >= 11 is 5.24. The van der Waals surface area contributed by atoms with Crippen LogP contribution in [-0.2, 0) is 0 Å². The molecular weight excluding hydrogens is 201 g/mol. The van der Waals surface area contributed by atoms with E-state index in [0.717, 1.165) is 6.07 Å². The van der Waals surface area contributed by atoms with Gasteiger partial charge in [0.25, 0.3) is 0 Å². The number of benzene rings is 1. The molecule has 0 nitrogen and oxygen atoms in total. The minimum absolute atomic E-state index is 0.0869. The largest absolute Gasteiger partial charge is 0.205 e. The maximum Gasteiger partial charge on any atom is 0.180 e. The fourth-order valence-electron chi connectivity index (χ4n) is 1.01. The minimum Gasteiger partial charge on any atom is -0.205 e. The van der Waals surface area contributed by atoms with Crippen molar-refractivity contribution in [3.8, 4) is 0 Å². The lowest BCUT2D eigenvalue weighted by Gasteiger charge is -2.08. The third kappa shape index (κ3) is 1.80. The van der Waals surface area contributed by atoms with Crippen molar-refractivity contribution in [3.05, 3.63) is 34.1 Å². The molecule has 0 atom stereocenters. The first kappa shape index (κ1) is 10.4. The molecule has 1 aromatic rings. The second-order valence-electron chi connectivity index (χ2n) is 3.04. The van der Waals surface area contributed by atoms with Crippen LogP contribution in [0.3, 0.4) is 0 Å². The summed E-state index contributed by atoms with van der Waals surface area (Å²) in [5.41, 5.74) is 0.0869. The first-order chi connectivity index (χ1) is 5.95. The molecule has 1 rings (SSSR count). The summed E-state index contributed by atoms with van der Waals surface area (Å²) in [6.07, 6.45) is 0. The Labute approximate surface area is 79.3 Å². The maximum absolute atomic E-state index is 13.2. The first-order valence-electron chi connectivity index (χ1n) is 3.78. The summed E-state index contributed by atoms with van der Waals surface area (Å²) in [5.74, 6) is -3.55. The number of hydrogen-bond acceptors (Lipinski definition) is 0. The van der Waals surface area contributed by atoms with Gasteiger partial charge in [-0.25, -0.2) is 13.2 Å². The molecule has 0 aromatic heterocycles. The molecule has 0 bridgehead atoms. The normalized spacial score (nSPS) is 11.0. The fraction of sp³-hybridized carbons (Fsp3) is 0.333. The number of rotatable bonds is 1. The Balaban J connectivity index is 3.41. The van der Waals surface area contributed by atoms with Crippen LogP contribution in [0.5, 0.6) is 0 Å². The Hall–Kier alpha value is -0.700. The van der Waals surface area contributed by atoms with Gasteiger partial charge in [-0.2, -0.15) is 0 Å². The highest BCUT2D eigenvalue weighted by molar-refractivity contribution is 6.31. The predicted octanol–water partition coefficient (Wildman–Crippen LogP) is 3.88. The molecule has 0 fully saturated rings. The summed E-state index contributed by atoms with van der Waals surface area (Å²) in [6, 6.07) is 0.835. The van der Waals surface area contributed by atoms with E-state index in [2.05, 4.69) is 0 Å². The summed E-state index contributed by atoms with van der Waals surface area (Å²) in [5, 5.41) is -0.774. The topological polar surface area (TPSA) is 0 Å². The molecule has 1 aromatic carbocycles. The van der Waals surface area contributed by atoms with E-state index < -0.39 is 22.5 Å². The zero-order valence-corrected chi connectivity index (χ0v) is 7.92. The second kappa shape index (κ2) is 3.58. The fourth-order valence-corrected chi connectivity index (χ4v) is 1.21. The molecule has 4 heteroatoms. The average molecular weight is 209 g/mol. The molecule has 0 aliphatic rings. The van der Waals surface area contributed by atoms with Crippen LogP contribution < -0.4 is 0 Å². The molecule has 13 heavy (non-hydrogen) atoms. The van der Waals surface area contributed by atoms with Gasteiger partial charge in [0, 0.05) is 0 Å². The summed E-state index contributed by atoms with van der Waals surface area (Å²) in [6.45, 7) is 3.35. The minimum atomic E-state index is -1.33. The van der Waals surface area contributed by atoms with Gasteiger partial charge < -0.3 is 0 Å². The van der Waals surface area contributed by atoms with Crippen molar-refractivity contribution in [2.75, 3.05) is 0 Å². The number of halogens is 4. The van der Waals surface area contributed by atoms with Crippen molar-refractivity contribution in [1.82, 2.24) is 0 Å². The lowest BCUT2D eigenvalue weighted by molar-refractivity contribution is 0.488. The lowest BCUT2D eigenvalue weighted by atomic mass is 10.0. The molecule has 0 aliphatic heterocycles. The van der Waals surface area contributed by atoms with Crippen LogP contribution in [0.2, 0.25) is 5.02 Å². The predicted molar refractivity (Wildman–Crippen MR) is 45.4 cm³/mol. The van der Waals surface area contributed by atoms with Gasteiger partial charge in [0.05, 0.1) is 0 Å². The Morgan fingerprint density at radius 3 is 2.15 bits per heavy atom. The van der Waals surface area contributed by atoms with Gasteiger partial charge in [-0.3, -0.25) is 0 Å². The molecule has 0 saturated heterocycles. The Bertz CT molecular complexity index is 334. The summed E-state index contributed by atoms with van der Waals surface area (Å²) in [4.78, 5) is 0. The standard InChI is InChI=1S/C9H8ClF3/c1-4(2)5-3-6(11)9(13)7(10)8(5)12/h3-4H,1-2H3. The average Bonchev–Trinajstić information content (AvgIpc) is 2.07. The van der Waals surface area contributed by atoms with E-state index in [0.29, 0.717) is 0 Å². The Morgan fingerprint density at radius 1 is 1.15 bits per heavy atom. The maximum atomic E-state index is 13.2. The van der Waals surface area contributed by atoms with Crippen LogP contribution in [-0.4, -0.2) is 0 Å². The molecule has 0 amide bonds. The summed E-state index contributed by atoms with van der Waals surface area (Å²) in [7, 11) is 0. The van der Waals surface area contributed by atoms with Crippen LogP contribution in [0.15, 0.2) is 6.07 Å². The highest BCUT2D eigenvalue weighted by Crippen LogP contribution is 2.28. The van der Waals surface area contributed by atoms with E-state index in [-0.39, 0.29) is 11.5 Å². The van der Waals surface area contributed by atoms with Crippen molar-refractivity contribution in [2.24, 2.45) is 0 Å². The van der Waals surface area contributed by atoms with Crippen molar-refractivity contribution < 1.29 is 13.2 Å². The van der Waals surface area contributed by atoms with Gasteiger partial charge in [-0.15, -0.1) is 0 Å². The van der Waals surface area contributed by atoms with Gasteiger partial charge in [0.2, 0.25) is 0 Å². The molecule has 0 aliphatic carbocycles. The van der Waals surface area contributed by atoms with E-state index in [1.807, 2.05) is 0 Å². The van der Waals surface area contributed by atoms with Crippen LogP contribution in [0.25, 0.3) is 0 Å². The van der Waals surface area contributed by atoms with Crippen molar-refractivity contribution in [2.45, 2.75) is 19.8 Å². The van der Waals surface area contributed by atoms with E-state index in [1.54, 1.807) is 13.8 Å². The van der Waals surface area contributed by atoms with E-state index in [1.165, 1.54) is 0 Å². The van der Waals surface area contributed by atoms with Crippen molar-refractivity contribution in [3.63, 3.8) is 0 Å². The first-order valence-corrected chi connectivity index (χ1v) is 4.15. The lowest BCUT2D eigenvalue weighted by Crippen LogP contribution is -1.99. The molecule has 0 spiro atoms. The van der Waals surface area contributed by atoms with Crippen LogP contribution in [0.1, 0.15) is 25.3 Å². The van der Waals surface area contributed by atoms with E-state index in [9.17, 15) is 13.2 Å². The molecule has 0 radical (unpaired) electrons. The van der Waals surface area contributed by atoms with Crippen molar-refractivity contribution in [1.29, 1.82) is 0 Å². The highest BCUT2D eigenvalue weighted by Gasteiger charge is 2.18. The molecular formula is C9H8ClF3. The highest BCUT2D eigenvalue weighted by atomic mass is 35.5. The quantitative estimate of drug-likeness (QED) is 0.485. The monoisotopic (exact) mass is 208 g/mol. The third-order valence-corrected chi connectivity index (χ3v) is 2.08. The number of hydrogen-bond donors (Lipinski definition) is 0. The Morgan fingerprint density at radius 2 is 1.69 bits per heavy atom. The molecule has 0 heterocycles. The SMILES string of the molecule is CC(C)c1cc(F)c(F)c(Cl)c1F. The smallest absolute Gasteiger partial charge is 0.180 e. The van der Waals surface area contributed by atoms with Crippen LogP contribution in [0.4, 0.5) is 13.2 Å².